The number of rotatable bonds is 3. The van der Waals surface area contributed by atoms with Gasteiger partial charge in [-0.2, -0.15) is 0 Å². The quantitative estimate of drug-likeness (QED) is 0.912. The number of hydrogen-bond donors (Lipinski definition) is 1. The predicted molar refractivity (Wildman–Crippen MR) is 73.6 cm³/mol. The molecule has 0 radical (unpaired) electrons. The molecular formula is C14H19ClN2O. The second-order valence-corrected chi connectivity index (χ2v) is 5.24. The smallest absolute Gasteiger partial charge is 0.227 e. The number of carbonyl (C=O) groups is 1. The second-order valence-electron chi connectivity index (χ2n) is 4.84. The van der Waals surface area contributed by atoms with Crippen LogP contribution in [0.1, 0.15) is 24.9 Å². The Morgan fingerprint density at radius 1 is 1.50 bits per heavy atom. The van der Waals surface area contributed by atoms with E-state index in [4.69, 9.17) is 11.6 Å². The van der Waals surface area contributed by atoms with E-state index in [0.717, 1.165) is 25.1 Å². The zero-order valence-corrected chi connectivity index (χ0v) is 11.6. The van der Waals surface area contributed by atoms with E-state index in [1.165, 1.54) is 0 Å². The first-order valence-corrected chi connectivity index (χ1v) is 6.71. The first-order chi connectivity index (χ1) is 8.61. The van der Waals surface area contributed by atoms with E-state index in [1.54, 1.807) is 4.90 Å². The predicted octanol–water partition coefficient (Wildman–Crippen LogP) is 2.47. The molecule has 0 bridgehead atoms. The van der Waals surface area contributed by atoms with Gasteiger partial charge in [0.25, 0.3) is 0 Å². The topological polar surface area (TPSA) is 32.3 Å². The lowest BCUT2D eigenvalue weighted by Crippen LogP contribution is -2.35. The Balaban J connectivity index is 2.10. The molecule has 1 heterocycles. The summed E-state index contributed by atoms with van der Waals surface area (Å²) < 4.78 is 0. The molecule has 2 rings (SSSR count). The summed E-state index contributed by atoms with van der Waals surface area (Å²) in [6.45, 7) is 3.74. The Bertz CT molecular complexity index is 430. The summed E-state index contributed by atoms with van der Waals surface area (Å²) in [4.78, 5) is 14.1. The number of amides is 1. The van der Waals surface area contributed by atoms with E-state index < -0.39 is 0 Å². The number of carbonyl (C=O) groups excluding carboxylic acids is 1. The third-order valence-corrected chi connectivity index (χ3v) is 4.04. The van der Waals surface area contributed by atoms with Gasteiger partial charge in [0.2, 0.25) is 5.91 Å². The van der Waals surface area contributed by atoms with Crippen molar-refractivity contribution in [2.45, 2.75) is 19.4 Å². The first kappa shape index (κ1) is 13.4. The molecule has 1 saturated heterocycles. The lowest BCUT2D eigenvalue weighted by molar-refractivity contribution is -0.135. The monoisotopic (exact) mass is 266 g/mol. The highest BCUT2D eigenvalue weighted by Crippen LogP contribution is 2.27. The van der Waals surface area contributed by atoms with Crippen LogP contribution in [-0.4, -0.2) is 30.9 Å². The summed E-state index contributed by atoms with van der Waals surface area (Å²) in [6, 6.07) is 7.70. The summed E-state index contributed by atoms with van der Waals surface area (Å²) in [7, 11) is 1.86. The molecule has 0 spiro atoms. The number of hydrogen-bond acceptors (Lipinski definition) is 2. The van der Waals surface area contributed by atoms with E-state index in [9.17, 15) is 4.79 Å². The molecule has 1 fully saturated rings. The highest BCUT2D eigenvalue weighted by Gasteiger charge is 2.28. The van der Waals surface area contributed by atoms with Gasteiger partial charge in [-0.25, -0.2) is 0 Å². The third-order valence-electron chi connectivity index (χ3n) is 3.69. The maximum Gasteiger partial charge on any atom is 0.227 e. The average molecular weight is 267 g/mol. The van der Waals surface area contributed by atoms with Gasteiger partial charge < -0.3 is 10.2 Å². The standard InChI is InChI=1S/C14H19ClN2O/c1-10(12-5-3-4-6-13(12)15)17(2)14(18)11-7-8-16-9-11/h3-6,10-11,16H,7-9H2,1-2H3/t10-,11-/m0/s1. The van der Waals surface area contributed by atoms with E-state index in [0.29, 0.717) is 5.02 Å². The molecule has 1 N–H and O–H groups in total. The summed E-state index contributed by atoms with van der Waals surface area (Å²) in [5.74, 6) is 0.312. The van der Waals surface area contributed by atoms with Crippen molar-refractivity contribution in [1.82, 2.24) is 10.2 Å². The molecule has 1 aromatic rings. The lowest BCUT2D eigenvalue weighted by atomic mass is 10.0. The van der Waals surface area contributed by atoms with Crippen molar-refractivity contribution in [3.63, 3.8) is 0 Å². The van der Waals surface area contributed by atoms with Crippen molar-refractivity contribution in [2.24, 2.45) is 5.92 Å². The van der Waals surface area contributed by atoms with Crippen LogP contribution in [0.15, 0.2) is 24.3 Å². The second kappa shape index (κ2) is 5.72. The number of benzene rings is 1. The number of nitrogens with one attached hydrogen (secondary N) is 1. The van der Waals surface area contributed by atoms with Gasteiger partial charge in [-0.3, -0.25) is 4.79 Å². The van der Waals surface area contributed by atoms with E-state index in [-0.39, 0.29) is 17.9 Å². The largest absolute Gasteiger partial charge is 0.339 e. The zero-order valence-electron chi connectivity index (χ0n) is 10.8. The van der Waals surface area contributed by atoms with Crippen LogP contribution >= 0.6 is 11.6 Å². The van der Waals surface area contributed by atoms with Crippen LogP contribution in [0.5, 0.6) is 0 Å². The van der Waals surface area contributed by atoms with Gasteiger partial charge in [0.15, 0.2) is 0 Å². The summed E-state index contributed by atoms with van der Waals surface area (Å²) >= 11 is 6.18. The van der Waals surface area contributed by atoms with Crippen molar-refractivity contribution >= 4 is 17.5 Å². The molecule has 4 heteroatoms. The number of nitrogens with zero attached hydrogens (tertiary/aromatic N) is 1. The van der Waals surface area contributed by atoms with E-state index in [1.807, 2.05) is 38.2 Å². The van der Waals surface area contributed by atoms with Crippen LogP contribution in [0.25, 0.3) is 0 Å². The van der Waals surface area contributed by atoms with Gasteiger partial charge in [0.1, 0.15) is 0 Å². The summed E-state index contributed by atoms with van der Waals surface area (Å²) in [5, 5.41) is 3.94. The Labute approximate surface area is 113 Å². The third kappa shape index (κ3) is 2.68. The molecule has 0 aliphatic carbocycles. The minimum absolute atomic E-state index is 0.00630. The van der Waals surface area contributed by atoms with Crippen molar-refractivity contribution < 1.29 is 4.79 Å². The van der Waals surface area contributed by atoms with Gasteiger partial charge >= 0.3 is 0 Å². The first-order valence-electron chi connectivity index (χ1n) is 6.33. The molecule has 1 aromatic carbocycles. The molecule has 1 aliphatic heterocycles. The normalized spacial score (nSPS) is 20.7. The van der Waals surface area contributed by atoms with Crippen LogP contribution in [0.3, 0.4) is 0 Å². The fourth-order valence-corrected chi connectivity index (χ4v) is 2.66. The SMILES string of the molecule is C[C@@H](c1ccccc1Cl)N(C)C(=O)[C@H]1CCNC1. The highest BCUT2D eigenvalue weighted by atomic mass is 35.5. The van der Waals surface area contributed by atoms with Crippen molar-refractivity contribution in [3.8, 4) is 0 Å². The minimum Gasteiger partial charge on any atom is -0.339 e. The summed E-state index contributed by atoms with van der Waals surface area (Å²) in [6.07, 6.45) is 0.929. The van der Waals surface area contributed by atoms with Crippen LogP contribution in [0.4, 0.5) is 0 Å². The maximum atomic E-state index is 12.3. The average Bonchev–Trinajstić information content (AvgIpc) is 2.90. The minimum atomic E-state index is 0.00630. The molecule has 1 amide bonds. The Morgan fingerprint density at radius 3 is 2.83 bits per heavy atom. The fourth-order valence-electron chi connectivity index (χ4n) is 2.37. The van der Waals surface area contributed by atoms with Crippen LogP contribution in [0.2, 0.25) is 5.02 Å². The molecule has 18 heavy (non-hydrogen) atoms. The Morgan fingerprint density at radius 2 is 2.22 bits per heavy atom. The maximum absolute atomic E-state index is 12.3. The summed E-state index contributed by atoms with van der Waals surface area (Å²) in [5.41, 5.74) is 1.00. The molecule has 2 atom stereocenters. The molecular weight excluding hydrogens is 248 g/mol. The van der Waals surface area contributed by atoms with Crippen LogP contribution in [-0.2, 0) is 4.79 Å². The molecule has 3 nitrogen and oxygen atoms in total. The van der Waals surface area contributed by atoms with E-state index in [2.05, 4.69) is 5.32 Å². The van der Waals surface area contributed by atoms with E-state index >= 15 is 0 Å². The van der Waals surface area contributed by atoms with Gasteiger partial charge in [-0.1, -0.05) is 29.8 Å². The van der Waals surface area contributed by atoms with Crippen molar-refractivity contribution in [1.29, 1.82) is 0 Å². The Hall–Kier alpha value is -1.06. The highest BCUT2D eigenvalue weighted by molar-refractivity contribution is 6.31. The van der Waals surface area contributed by atoms with Gasteiger partial charge in [-0.05, 0) is 31.5 Å². The van der Waals surface area contributed by atoms with Crippen molar-refractivity contribution in [2.75, 3.05) is 20.1 Å². The lowest BCUT2D eigenvalue weighted by Gasteiger charge is -2.28. The molecule has 98 valence electrons. The molecule has 1 aliphatic rings. The molecule has 0 saturated carbocycles. The zero-order chi connectivity index (χ0) is 13.1. The van der Waals surface area contributed by atoms with Gasteiger partial charge in [0.05, 0.1) is 12.0 Å². The van der Waals surface area contributed by atoms with Crippen LogP contribution < -0.4 is 5.32 Å². The van der Waals surface area contributed by atoms with Crippen molar-refractivity contribution in [3.05, 3.63) is 34.9 Å². The molecule has 0 unspecified atom stereocenters. The van der Waals surface area contributed by atoms with Crippen LogP contribution in [0, 0.1) is 5.92 Å². The van der Waals surface area contributed by atoms with Gasteiger partial charge in [0, 0.05) is 18.6 Å². The number of halogens is 1. The van der Waals surface area contributed by atoms with Gasteiger partial charge in [-0.15, -0.1) is 0 Å². The fraction of sp³-hybridized carbons (Fsp3) is 0.500. The Kier molecular flexibility index (Phi) is 4.25. The molecule has 0 aromatic heterocycles.